The van der Waals surface area contributed by atoms with Gasteiger partial charge in [0.15, 0.2) is 0 Å². The summed E-state index contributed by atoms with van der Waals surface area (Å²) >= 11 is 0. The van der Waals surface area contributed by atoms with Crippen molar-refractivity contribution in [3.8, 4) is 5.75 Å². The summed E-state index contributed by atoms with van der Waals surface area (Å²) in [4.78, 5) is 28.5. The Hall–Kier alpha value is -4.26. The molecule has 3 aliphatic rings. The van der Waals surface area contributed by atoms with Gasteiger partial charge in [-0.15, -0.1) is 0 Å². The summed E-state index contributed by atoms with van der Waals surface area (Å²) in [6.07, 6.45) is 0. The largest absolute Gasteiger partial charge is 0.497 e. The van der Waals surface area contributed by atoms with Crippen molar-refractivity contribution >= 4 is 34.6 Å². The van der Waals surface area contributed by atoms with Crippen LogP contribution in [-0.4, -0.2) is 30.3 Å². The van der Waals surface area contributed by atoms with Gasteiger partial charge in [-0.2, -0.15) is 20.2 Å². The molecule has 1 saturated carbocycles. The van der Waals surface area contributed by atoms with Crippen LogP contribution in [0.15, 0.2) is 95.1 Å². The number of benzene rings is 3. The first-order chi connectivity index (χ1) is 17.0. The average Bonchev–Trinajstić information content (AvgIpc) is 3.38. The van der Waals surface area contributed by atoms with E-state index in [1.54, 1.807) is 7.11 Å². The minimum atomic E-state index is -1.15. The summed E-state index contributed by atoms with van der Waals surface area (Å²) in [5.74, 6) is -0.143. The van der Waals surface area contributed by atoms with Gasteiger partial charge in [0.25, 0.3) is 11.8 Å². The van der Waals surface area contributed by atoms with E-state index in [0.29, 0.717) is 28.5 Å². The van der Waals surface area contributed by atoms with Crippen molar-refractivity contribution in [2.24, 2.45) is 21.0 Å². The number of hydrogen-bond acceptors (Lipinski definition) is 5. The Kier molecular flexibility index (Phi) is 4.48. The number of rotatable bonds is 4. The third-order valence-corrected chi connectivity index (χ3v) is 7.56. The van der Waals surface area contributed by atoms with E-state index in [1.165, 1.54) is 10.0 Å². The molecule has 174 valence electrons. The molecule has 0 radical (unpaired) electrons. The maximum Gasteiger partial charge on any atom is 0.261 e. The van der Waals surface area contributed by atoms with Gasteiger partial charge in [0.1, 0.15) is 16.6 Å². The molecule has 2 aliphatic heterocycles. The second kappa shape index (κ2) is 7.37. The summed E-state index contributed by atoms with van der Waals surface area (Å²) in [6, 6.07) is 26.2. The second-order valence-corrected chi connectivity index (χ2v) is 9.10. The Bertz CT molecular complexity index is 1320. The smallest absolute Gasteiger partial charge is 0.261 e. The fourth-order valence-electron chi connectivity index (χ4n) is 6.02. The lowest BCUT2D eigenvalue weighted by Crippen LogP contribution is -2.40. The Morgan fingerprint density at radius 1 is 0.686 bits per heavy atom. The highest BCUT2D eigenvalue weighted by Crippen LogP contribution is 2.79. The van der Waals surface area contributed by atoms with Gasteiger partial charge in [-0.05, 0) is 55.8 Å². The molecule has 0 unspecified atom stereocenters. The summed E-state index contributed by atoms with van der Waals surface area (Å²) in [5.41, 5.74) is 1.15. The van der Waals surface area contributed by atoms with Gasteiger partial charge in [-0.1, -0.05) is 48.5 Å². The summed E-state index contributed by atoms with van der Waals surface area (Å²) < 4.78 is 5.34. The number of carbonyl (C=O) groups is 2. The molecule has 2 heterocycles. The number of carbonyl (C=O) groups excluding carboxylic acids is 2. The minimum Gasteiger partial charge on any atom is -0.497 e. The number of fused-ring (bicyclic) bond motifs is 1. The Morgan fingerprint density at radius 3 is 1.51 bits per heavy atom. The van der Waals surface area contributed by atoms with Gasteiger partial charge >= 0.3 is 0 Å². The van der Waals surface area contributed by atoms with Gasteiger partial charge < -0.3 is 4.74 Å². The number of ether oxygens (including phenoxy) is 1. The monoisotopic (exact) mass is 464 g/mol. The predicted molar refractivity (Wildman–Crippen MR) is 135 cm³/mol. The molecule has 6 rings (SSSR count). The van der Waals surface area contributed by atoms with Crippen molar-refractivity contribution in [3.05, 3.63) is 90.5 Å². The van der Waals surface area contributed by atoms with Crippen molar-refractivity contribution in [2.45, 2.75) is 19.8 Å². The minimum absolute atomic E-state index is 0.208. The number of hydrogen-bond donors (Lipinski definition) is 0. The maximum absolute atomic E-state index is 14.3. The third-order valence-electron chi connectivity index (χ3n) is 7.56. The highest BCUT2D eigenvalue weighted by molar-refractivity contribution is 6.37. The number of hydrazone groups is 2. The van der Waals surface area contributed by atoms with Gasteiger partial charge in [-0.25, -0.2) is 0 Å². The Labute approximate surface area is 203 Å². The first-order valence-corrected chi connectivity index (χ1v) is 11.5. The van der Waals surface area contributed by atoms with Gasteiger partial charge in [0.2, 0.25) is 0 Å². The molecular formula is C28H24N4O3. The SMILES string of the molecule is COc1ccc(C2[C@]3(C(=O)N(c4ccccc4)N=C3C)[C@@]23C(=O)N(c2ccccc2)N=C3C)cc1. The fraction of sp³-hybridized carbons (Fsp3) is 0.214. The molecule has 3 aromatic rings. The van der Waals surface area contributed by atoms with Crippen LogP contribution >= 0.6 is 0 Å². The quantitative estimate of drug-likeness (QED) is 0.566. The lowest BCUT2D eigenvalue weighted by atomic mass is 9.85. The van der Waals surface area contributed by atoms with Crippen molar-refractivity contribution in [3.63, 3.8) is 0 Å². The zero-order chi connectivity index (χ0) is 24.4. The van der Waals surface area contributed by atoms with Crippen LogP contribution in [0.4, 0.5) is 11.4 Å². The van der Waals surface area contributed by atoms with Crippen LogP contribution in [-0.2, 0) is 9.59 Å². The van der Waals surface area contributed by atoms with Crippen LogP contribution < -0.4 is 14.8 Å². The van der Waals surface area contributed by atoms with E-state index in [-0.39, 0.29) is 11.8 Å². The lowest BCUT2D eigenvalue weighted by Gasteiger charge is -2.18. The first-order valence-electron chi connectivity index (χ1n) is 11.5. The van der Waals surface area contributed by atoms with Gasteiger partial charge in [0.05, 0.1) is 29.9 Å². The molecule has 0 bridgehead atoms. The van der Waals surface area contributed by atoms with Crippen LogP contribution in [0.25, 0.3) is 0 Å². The molecular weight excluding hydrogens is 440 g/mol. The van der Waals surface area contributed by atoms with Crippen LogP contribution in [0.2, 0.25) is 0 Å². The van der Waals surface area contributed by atoms with Crippen LogP contribution in [0.3, 0.4) is 0 Å². The van der Waals surface area contributed by atoms with Crippen LogP contribution in [0.5, 0.6) is 5.75 Å². The van der Waals surface area contributed by atoms with E-state index in [0.717, 1.165) is 5.56 Å². The normalized spacial score (nSPS) is 27.0. The molecule has 2 amide bonds. The predicted octanol–water partition coefficient (Wildman–Crippen LogP) is 4.61. The highest BCUT2D eigenvalue weighted by Gasteiger charge is 2.91. The molecule has 2 spiro atoms. The summed E-state index contributed by atoms with van der Waals surface area (Å²) in [5, 5.41) is 12.3. The fourth-order valence-corrected chi connectivity index (χ4v) is 6.02. The van der Waals surface area contributed by atoms with E-state index in [2.05, 4.69) is 0 Å². The maximum atomic E-state index is 14.3. The Balaban J connectivity index is 1.52. The van der Waals surface area contributed by atoms with Crippen molar-refractivity contribution in [2.75, 3.05) is 17.1 Å². The van der Waals surface area contributed by atoms with Crippen LogP contribution in [0, 0.1) is 10.8 Å². The summed E-state index contributed by atoms with van der Waals surface area (Å²) in [7, 11) is 1.61. The lowest BCUT2D eigenvalue weighted by molar-refractivity contribution is -0.126. The van der Waals surface area contributed by atoms with E-state index in [9.17, 15) is 9.59 Å². The van der Waals surface area contributed by atoms with Gasteiger partial charge in [0, 0.05) is 5.92 Å². The molecule has 3 aromatic carbocycles. The van der Waals surface area contributed by atoms with Crippen molar-refractivity contribution in [1.29, 1.82) is 0 Å². The molecule has 0 saturated heterocycles. The number of nitrogens with zero attached hydrogens (tertiary/aromatic N) is 4. The molecule has 0 N–H and O–H groups in total. The topological polar surface area (TPSA) is 74.6 Å². The van der Waals surface area contributed by atoms with Crippen LogP contribution in [0.1, 0.15) is 25.3 Å². The molecule has 2 atom stereocenters. The van der Waals surface area contributed by atoms with E-state index < -0.39 is 16.7 Å². The molecule has 0 aromatic heterocycles. The number of methoxy groups -OCH3 is 1. The van der Waals surface area contributed by atoms with Crippen molar-refractivity contribution < 1.29 is 14.3 Å². The van der Waals surface area contributed by atoms with Gasteiger partial charge in [-0.3, -0.25) is 9.59 Å². The third kappa shape index (κ3) is 2.55. The number of amides is 2. The molecule has 7 heteroatoms. The molecule has 35 heavy (non-hydrogen) atoms. The summed E-state index contributed by atoms with van der Waals surface area (Å²) in [6.45, 7) is 3.69. The van der Waals surface area contributed by atoms with E-state index in [1.807, 2.05) is 98.8 Å². The molecule has 1 fully saturated rings. The van der Waals surface area contributed by atoms with Crippen molar-refractivity contribution in [1.82, 2.24) is 0 Å². The zero-order valence-corrected chi connectivity index (χ0v) is 19.7. The average molecular weight is 465 g/mol. The molecule has 7 nitrogen and oxygen atoms in total. The number of anilines is 2. The highest BCUT2D eigenvalue weighted by atomic mass is 16.5. The number of para-hydroxylation sites is 2. The standard InChI is InChI=1S/C28H24N4O3/c1-18-27(25(33)31(29-18)21-10-6-4-7-11-21)24(20-14-16-23(35-3)17-15-20)28(27)19(2)30-32(26(28)34)22-12-8-5-9-13-22/h4-17,24H,1-3H3/t27-,28-/m1/s1. The second-order valence-electron chi connectivity index (χ2n) is 9.10. The Morgan fingerprint density at radius 2 is 1.11 bits per heavy atom. The zero-order valence-electron chi connectivity index (χ0n) is 19.7. The van der Waals surface area contributed by atoms with E-state index >= 15 is 0 Å². The van der Waals surface area contributed by atoms with E-state index in [4.69, 9.17) is 14.9 Å². The molecule has 1 aliphatic carbocycles. The first kappa shape index (κ1) is 21.3.